The second-order valence-electron chi connectivity index (χ2n) is 8.75. The number of fused-ring (bicyclic) bond motifs is 1. The molecule has 2 rings (SSSR count). The summed E-state index contributed by atoms with van der Waals surface area (Å²) in [6.07, 6.45) is 9.71. The van der Waals surface area contributed by atoms with Gasteiger partial charge in [-0.2, -0.15) is 0 Å². The van der Waals surface area contributed by atoms with Crippen molar-refractivity contribution in [3.8, 4) is 0 Å². The molecule has 0 saturated heterocycles. The van der Waals surface area contributed by atoms with E-state index in [1.165, 1.54) is 12.8 Å². The van der Waals surface area contributed by atoms with E-state index in [2.05, 4.69) is 6.92 Å². The Bertz CT molecular complexity index is 656. The maximum absolute atomic E-state index is 12.1. The van der Waals surface area contributed by atoms with Crippen LogP contribution in [0.4, 0.5) is 0 Å². The van der Waals surface area contributed by atoms with Crippen LogP contribution in [0, 0.1) is 23.7 Å². The number of ether oxygens (including phenoxy) is 1. The van der Waals surface area contributed by atoms with E-state index >= 15 is 0 Å². The Kier molecular flexibility index (Phi) is 9.47. The van der Waals surface area contributed by atoms with E-state index < -0.39 is 27.7 Å². The lowest BCUT2D eigenvalue weighted by molar-refractivity contribution is -0.139. The van der Waals surface area contributed by atoms with Gasteiger partial charge in [0.15, 0.2) is 9.84 Å². The lowest BCUT2D eigenvalue weighted by Gasteiger charge is -2.21. The number of carbonyl (C=O) groups is 1. The molecule has 0 bridgehead atoms. The van der Waals surface area contributed by atoms with Gasteiger partial charge in [-0.15, -0.1) is 0 Å². The van der Waals surface area contributed by atoms with Gasteiger partial charge in [0.2, 0.25) is 0 Å². The van der Waals surface area contributed by atoms with Gasteiger partial charge in [0, 0.05) is 5.92 Å². The Morgan fingerprint density at radius 2 is 1.90 bits per heavy atom. The Morgan fingerprint density at radius 3 is 2.59 bits per heavy atom. The van der Waals surface area contributed by atoms with Gasteiger partial charge in [-0.3, -0.25) is 4.79 Å². The van der Waals surface area contributed by atoms with Crippen LogP contribution in [0.1, 0.15) is 71.6 Å². The van der Waals surface area contributed by atoms with Crippen LogP contribution in [-0.2, 0) is 19.4 Å². The molecule has 2 fully saturated rings. The number of esters is 1. The van der Waals surface area contributed by atoms with Gasteiger partial charge in [0.25, 0.3) is 0 Å². The molecule has 7 heteroatoms. The van der Waals surface area contributed by atoms with Crippen LogP contribution >= 0.6 is 0 Å². The Labute approximate surface area is 175 Å². The van der Waals surface area contributed by atoms with Crippen molar-refractivity contribution in [2.24, 2.45) is 23.7 Å². The number of hydrogen-bond acceptors (Lipinski definition) is 6. The van der Waals surface area contributed by atoms with E-state index in [1.807, 2.05) is 6.08 Å². The summed E-state index contributed by atoms with van der Waals surface area (Å²) in [5.74, 6) is -0.337. The fourth-order valence-electron chi connectivity index (χ4n) is 5.14. The molecule has 2 aliphatic carbocycles. The second kappa shape index (κ2) is 11.3. The van der Waals surface area contributed by atoms with Crippen molar-refractivity contribution in [3.05, 3.63) is 11.8 Å². The molecule has 0 spiro atoms. The SMILES string of the molecule is CCCCCCC=C(O)[C@@H]1[C@@H]2C[C@H](CCS(=O)(=O)CC(=O)OCC)C[C@@H]2C[C@H]1O. The zero-order valence-electron chi connectivity index (χ0n) is 17.9. The first kappa shape index (κ1) is 24.2. The zero-order chi connectivity index (χ0) is 21.4. The van der Waals surface area contributed by atoms with Crippen LogP contribution in [0.25, 0.3) is 0 Å². The topological polar surface area (TPSA) is 101 Å². The maximum Gasteiger partial charge on any atom is 0.321 e. The predicted octanol–water partition coefficient (Wildman–Crippen LogP) is 3.79. The Morgan fingerprint density at radius 1 is 1.14 bits per heavy atom. The maximum atomic E-state index is 12.1. The van der Waals surface area contributed by atoms with Gasteiger partial charge >= 0.3 is 5.97 Å². The molecule has 168 valence electrons. The average molecular weight is 431 g/mol. The molecule has 0 aliphatic heterocycles. The Balaban J connectivity index is 1.85. The predicted molar refractivity (Wildman–Crippen MR) is 113 cm³/mol. The van der Waals surface area contributed by atoms with E-state index in [9.17, 15) is 23.4 Å². The average Bonchev–Trinajstić information content (AvgIpc) is 3.15. The number of hydrogen-bond donors (Lipinski definition) is 2. The first-order valence-corrected chi connectivity index (χ1v) is 13.0. The van der Waals surface area contributed by atoms with Crippen LogP contribution in [0.3, 0.4) is 0 Å². The minimum absolute atomic E-state index is 0.0115. The highest BCUT2D eigenvalue weighted by Crippen LogP contribution is 2.52. The third kappa shape index (κ3) is 7.28. The molecule has 2 N–H and O–H groups in total. The van der Waals surface area contributed by atoms with Crippen LogP contribution in [-0.4, -0.2) is 48.8 Å². The number of allylic oxidation sites excluding steroid dienone is 1. The van der Waals surface area contributed by atoms with Crippen molar-refractivity contribution < 1.29 is 28.2 Å². The minimum atomic E-state index is -3.46. The molecular weight excluding hydrogens is 392 g/mol. The number of sulfone groups is 1. The quantitative estimate of drug-likeness (QED) is 0.277. The van der Waals surface area contributed by atoms with Crippen molar-refractivity contribution in [1.29, 1.82) is 0 Å². The monoisotopic (exact) mass is 430 g/mol. The molecule has 2 aliphatic rings. The summed E-state index contributed by atoms with van der Waals surface area (Å²) in [4.78, 5) is 11.4. The van der Waals surface area contributed by atoms with Gasteiger partial charge < -0.3 is 14.9 Å². The molecule has 0 aromatic rings. The number of unbranched alkanes of at least 4 members (excludes halogenated alkanes) is 4. The molecule has 2 saturated carbocycles. The molecular formula is C22H38O6S. The Hall–Kier alpha value is -1.08. The molecule has 6 nitrogen and oxygen atoms in total. The van der Waals surface area contributed by atoms with Crippen LogP contribution in [0.15, 0.2) is 11.8 Å². The van der Waals surface area contributed by atoms with Crippen molar-refractivity contribution in [1.82, 2.24) is 0 Å². The van der Waals surface area contributed by atoms with Gasteiger partial charge in [0.1, 0.15) is 5.75 Å². The lowest BCUT2D eigenvalue weighted by atomic mass is 9.88. The summed E-state index contributed by atoms with van der Waals surface area (Å²) in [6, 6.07) is 0. The van der Waals surface area contributed by atoms with Crippen molar-refractivity contribution >= 4 is 15.8 Å². The molecule has 0 radical (unpaired) electrons. The van der Waals surface area contributed by atoms with Gasteiger partial charge in [-0.1, -0.05) is 26.2 Å². The van der Waals surface area contributed by atoms with E-state index in [0.717, 1.165) is 32.1 Å². The normalized spacial score (nSPS) is 29.8. The van der Waals surface area contributed by atoms with Crippen molar-refractivity contribution in [2.45, 2.75) is 77.7 Å². The summed E-state index contributed by atoms with van der Waals surface area (Å²) < 4.78 is 29.0. The smallest absolute Gasteiger partial charge is 0.321 e. The van der Waals surface area contributed by atoms with Crippen LogP contribution in [0.2, 0.25) is 0 Å². The number of aliphatic hydroxyl groups excluding tert-OH is 2. The summed E-state index contributed by atoms with van der Waals surface area (Å²) in [6.45, 7) is 4.00. The number of rotatable bonds is 12. The van der Waals surface area contributed by atoms with Crippen LogP contribution in [0.5, 0.6) is 0 Å². The molecule has 5 atom stereocenters. The molecule has 0 aromatic heterocycles. The highest BCUT2D eigenvalue weighted by Gasteiger charge is 2.49. The molecule has 0 aromatic carbocycles. The highest BCUT2D eigenvalue weighted by molar-refractivity contribution is 7.92. The molecule has 0 heterocycles. The van der Waals surface area contributed by atoms with E-state index in [0.29, 0.717) is 24.5 Å². The highest BCUT2D eigenvalue weighted by atomic mass is 32.2. The first-order valence-electron chi connectivity index (χ1n) is 11.2. The third-order valence-electron chi connectivity index (χ3n) is 6.50. The first-order chi connectivity index (χ1) is 13.8. The van der Waals surface area contributed by atoms with Gasteiger partial charge in [-0.05, 0) is 69.3 Å². The summed E-state index contributed by atoms with van der Waals surface area (Å²) >= 11 is 0. The van der Waals surface area contributed by atoms with E-state index in [-0.39, 0.29) is 30.1 Å². The lowest BCUT2D eigenvalue weighted by Crippen LogP contribution is -2.23. The summed E-state index contributed by atoms with van der Waals surface area (Å²) in [5, 5.41) is 21.0. The van der Waals surface area contributed by atoms with Crippen molar-refractivity contribution in [3.63, 3.8) is 0 Å². The number of aliphatic hydroxyl groups is 2. The second-order valence-corrected chi connectivity index (χ2v) is 10.9. The fourth-order valence-corrected chi connectivity index (χ4v) is 6.42. The number of carbonyl (C=O) groups excluding carboxylic acids is 1. The van der Waals surface area contributed by atoms with E-state index in [1.54, 1.807) is 6.92 Å². The van der Waals surface area contributed by atoms with Crippen molar-refractivity contribution in [2.75, 3.05) is 18.1 Å². The molecule has 0 amide bonds. The molecule has 0 unspecified atom stereocenters. The van der Waals surface area contributed by atoms with E-state index in [4.69, 9.17) is 4.74 Å². The summed E-state index contributed by atoms with van der Waals surface area (Å²) in [5.41, 5.74) is 0. The van der Waals surface area contributed by atoms with Gasteiger partial charge in [0.05, 0.1) is 24.2 Å². The fraction of sp³-hybridized carbons (Fsp3) is 0.864. The zero-order valence-corrected chi connectivity index (χ0v) is 18.7. The third-order valence-corrected chi connectivity index (χ3v) is 8.03. The minimum Gasteiger partial charge on any atom is -0.512 e. The largest absolute Gasteiger partial charge is 0.512 e. The summed E-state index contributed by atoms with van der Waals surface area (Å²) in [7, 11) is -3.46. The molecule has 29 heavy (non-hydrogen) atoms. The van der Waals surface area contributed by atoms with Crippen LogP contribution < -0.4 is 0 Å². The standard InChI is InChI=1S/C22H38O6S/c1-3-5-6-7-8-9-19(23)22-18-13-16(12-17(18)14-20(22)24)10-11-29(26,27)15-21(25)28-4-2/h9,16-18,20,22-24H,3-8,10-15H2,1-2H3/t16-,17-,18-,20-,22+/m1/s1. The van der Waals surface area contributed by atoms with Gasteiger partial charge in [-0.25, -0.2) is 8.42 Å².